The first-order valence-corrected chi connectivity index (χ1v) is 7.47. The van der Waals surface area contributed by atoms with Crippen molar-refractivity contribution in [2.75, 3.05) is 13.7 Å². The van der Waals surface area contributed by atoms with Gasteiger partial charge in [0.1, 0.15) is 5.75 Å². The predicted molar refractivity (Wildman–Crippen MR) is 89.4 cm³/mol. The normalized spacial score (nSPS) is 11.6. The van der Waals surface area contributed by atoms with E-state index in [1.165, 1.54) is 0 Å². The quantitative estimate of drug-likeness (QED) is 0.767. The van der Waals surface area contributed by atoms with Gasteiger partial charge < -0.3 is 20.5 Å². The van der Waals surface area contributed by atoms with E-state index in [0.29, 0.717) is 6.54 Å². The van der Waals surface area contributed by atoms with Crippen LogP contribution in [0.15, 0.2) is 48.5 Å². The molecule has 0 heterocycles. The molecule has 2 rings (SSSR count). The summed E-state index contributed by atoms with van der Waals surface area (Å²) in [4.78, 5) is 12.1. The van der Waals surface area contributed by atoms with Gasteiger partial charge in [-0.05, 0) is 24.1 Å². The van der Waals surface area contributed by atoms with Gasteiger partial charge in [0.15, 0.2) is 0 Å². The molecule has 2 aromatic carbocycles. The first-order valence-electron chi connectivity index (χ1n) is 7.47. The second-order valence-corrected chi connectivity index (χ2v) is 5.29. The molecule has 0 aliphatic heterocycles. The molecular weight excluding hydrogens is 292 g/mol. The molecule has 122 valence electrons. The van der Waals surface area contributed by atoms with Gasteiger partial charge in [-0.2, -0.15) is 0 Å². The van der Waals surface area contributed by atoms with Crippen LogP contribution in [0.3, 0.4) is 0 Å². The summed E-state index contributed by atoms with van der Waals surface area (Å²) in [6.45, 7) is 2.17. The van der Waals surface area contributed by atoms with Gasteiger partial charge in [-0.3, -0.25) is 0 Å². The van der Waals surface area contributed by atoms with Gasteiger partial charge in [-0.15, -0.1) is 0 Å². The van der Waals surface area contributed by atoms with Crippen molar-refractivity contribution in [1.82, 2.24) is 10.6 Å². The zero-order valence-electron chi connectivity index (χ0n) is 13.4. The van der Waals surface area contributed by atoms with Gasteiger partial charge in [0, 0.05) is 12.1 Å². The van der Waals surface area contributed by atoms with Crippen molar-refractivity contribution in [2.45, 2.75) is 19.5 Å². The second-order valence-electron chi connectivity index (χ2n) is 5.29. The third kappa shape index (κ3) is 4.72. The van der Waals surface area contributed by atoms with Crippen LogP contribution < -0.4 is 15.4 Å². The van der Waals surface area contributed by atoms with Crippen LogP contribution in [0.4, 0.5) is 4.79 Å². The molecule has 2 amide bonds. The number of benzene rings is 2. The number of hydrogen-bond donors (Lipinski definition) is 3. The smallest absolute Gasteiger partial charge is 0.315 e. The van der Waals surface area contributed by atoms with Crippen molar-refractivity contribution in [3.8, 4) is 5.75 Å². The highest BCUT2D eigenvalue weighted by atomic mass is 16.5. The summed E-state index contributed by atoms with van der Waals surface area (Å²) in [5.74, 6) is 0.743. The molecule has 5 heteroatoms. The number of nitrogens with one attached hydrogen (secondary N) is 2. The molecule has 1 atom stereocenters. The highest BCUT2D eigenvalue weighted by Gasteiger charge is 2.13. The van der Waals surface area contributed by atoms with Crippen LogP contribution in [0.25, 0.3) is 0 Å². The Balaban J connectivity index is 1.94. The number of carbonyl (C=O) groups excluding carboxylic acids is 1. The Labute approximate surface area is 136 Å². The van der Waals surface area contributed by atoms with Gasteiger partial charge in [0.2, 0.25) is 0 Å². The molecule has 0 aliphatic carbocycles. The lowest BCUT2D eigenvalue weighted by molar-refractivity contribution is 0.216. The first-order chi connectivity index (χ1) is 11.1. The van der Waals surface area contributed by atoms with Crippen LogP contribution in [-0.2, 0) is 6.54 Å². The fourth-order valence-electron chi connectivity index (χ4n) is 2.30. The maximum Gasteiger partial charge on any atom is 0.315 e. The van der Waals surface area contributed by atoms with Crippen LogP contribution in [-0.4, -0.2) is 24.9 Å². The number of rotatable bonds is 6. The minimum Gasteiger partial charge on any atom is -0.496 e. The van der Waals surface area contributed by atoms with E-state index < -0.39 is 6.04 Å². The lowest BCUT2D eigenvalue weighted by Gasteiger charge is -2.17. The van der Waals surface area contributed by atoms with Crippen LogP contribution in [0.2, 0.25) is 0 Å². The van der Waals surface area contributed by atoms with Crippen LogP contribution in [0.1, 0.15) is 22.7 Å². The fraction of sp³-hybridized carbons (Fsp3) is 0.278. The Morgan fingerprint density at radius 3 is 2.61 bits per heavy atom. The summed E-state index contributed by atoms with van der Waals surface area (Å²) in [5, 5.41) is 15.0. The van der Waals surface area contributed by atoms with Crippen molar-refractivity contribution in [2.24, 2.45) is 0 Å². The molecule has 0 fully saturated rings. The Hall–Kier alpha value is -2.53. The molecule has 1 unspecified atom stereocenters. The van der Waals surface area contributed by atoms with Crippen LogP contribution in [0, 0.1) is 6.92 Å². The zero-order chi connectivity index (χ0) is 16.7. The number of ether oxygens (including phenoxy) is 1. The fourth-order valence-corrected chi connectivity index (χ4v) is 2.30. The number of aryl methyl sites for hydroxylation is 1. The van der Waals surface area contributed by atoms with Gasteiger partial charge >= 0.3 is 6.03 Å². The van der Waals surface area contributed by atoms with Crippen molar-refractivity contribution < 1.29 is 14.6 Å². The van der Waals surface area contributed by atoms with E-state index in [2.05, 4.69) is 10.6 Å². The Morgan fingerprint density at radius 2 is 1.96 bits per heavy atom. The van der Waals surface area contributed by atoms with Gasteiger partial charge in [-0.1, -0.05) is 42.5 Å². The number of carbonyl (C=O) groups is 1. The average molecular weight is 314 g/mol. The standard InChI is InChI=1S/C18H22N2O3/c1-13-8-9-15(17(10-13)23-2)11-19-18(22)20-16(12-21)14-6-4-3-5-7-14/h3-10,16,21H,11-12H2,1-2H3,(H2,19,20,22). The highest BCUT2D eigenvalue weighted by Crippen LogP contribution is 2.19. The van der Waals surface area contributed by atoms with Crippen molar-refractivity contribution >= 4 is 6.03 Å². The Kier molecular flexibility index (Phi) is 6.00. The number of methoxy groups -OCH3 is 1. The summed E-state index contributed by atoms with van der Waals surface area (Å²) in [6.07, 6.45) is 0. The van der Waals surface area contributed by atoms with Gasteiger partial charge in [0.05, 0.1) is 19.8 Å². The molecule has 2 aromatic rings. The maximum atomic E-state index is 12.1. The summed E-state index contributed by atoms with van der Waals surface area (Å²) in [5.41, 5.74) is 2.85. The van der Waals surface area contributed by atoms with Crippen molar-refractivity contribution in [3.63, 3.8) is 0 Å². The second kappa shape index (κ2) is 8.19. The van der Waals surface area contributed by atoms with Crippen molar-refractivity contribution in [1.29, 1.82) is 0 Å². The largest absolute Gasteiger partial charge is 0.496 e. The SMILES string of the molecule is COc1cc(C)ccc1CNC(=O)NC(CO)c1ccccc1. The molecule has 0 bridgehead atoms. The number of amides is 2. The molecule has 3 N–H and O–H groups in total. The highest BCUT2D eigenvalue weighted by molar-refractivity contribution is 5.74. The molecule has 0 radical (unpaired) electrons. The molecular formula is C18H22N2O3. The predicted octanol–water partition coefficient (Wildman–Crippen LogP) is 2.54. The zero-order valence-corrected chi connectivity index (χ0v) is 13.4. The van der Waals surface area contributed by atoms with Gasteiger partial charge in [-0.25, -0.2) is 4.79 Å². The molecule has 0 aliphatic rings. The van der Waals surface area contributed by atoms with E-state index >= 15 is 0 Å². The van der Waals surface area contributed by atoms with E-state index in [9.17, 15) is 9.90 Å². The number of urea groups is 1. The first kappa shape index (κ1) is 16.8. The summed E-state index contributed by atoms with van der Waals surface area (Å²) in [6, 6.07) is 14.4. The number of aliphatic hydroxyl groups excluding tert-OH is 1. The molecule has 23 heavy (non-hydrogen) atoms. The molecule has 0 saturated heterocycles. The van der Waals surface area contributed by atoms with E-state index in [4.69, 9.17) is 4.74 Å². The lowest BCUT2D eigenvalue weighted by Crippen LogP contribution is -2.38. The molecule has 0 saturated carbocycles. The topological polar surface area (TPSA) is 70.6 Å². The van der Waals surface area contributed by atoms with E-state index in [1.54, 1.807) is 7.11 Å². The molecule has 5 nitrogen and oxygen atoms in total. The van der Waals surface area contributed by atoms with Crippen LogP contribution in [0.5, 0.6) is 5.75 Å². The monoisotopic (exact) mass is 314 g/mol. The number of hydrogen-bond acceptors (Lipinski definition) is 3. The average Bonchev–Trinajstić information content (AvgIpc) is 2.59. The van der Waals surface area contributed by atoms with E-state index in [1.807, 2.05) is 55.5 Å². The van der Waals surface area contributed by atoms with E-state index in [0.717, 1.165) is 22.4 Å². The molecule has 0 aromatic heterocycles. The Morgan fingerprint density at radius 1 is 1.22 bits per heavy atom. The molecule has 0 spiro atoms. The van der Waals surface area contributed by atoms with Gasteiger partial charge in [0.25, 0.3) is 0 Å². The summed E-state index contributed by atoms with van der Waals surface area (Å²) in [7, 11) is 1.61. The van der Waals surface area contributed by atoms with Crippen molar-refractivity contribution in [3.05, 3.63) is 65.2 Å². The Bertz CT molecular complexity index is 644. The number of aliphatic hydroxyl groups is 1. The minimum atomic E-state index is -0.434. The summed E-state index contributed by atoms with van der Waals surface area (Å²) < 4.78 is 5.32. The summed E-state index contributed by atoms with van der Waals surface area (Å²) >= 11 is 0. The third-order valence-corrected chi connectivity index (χ3v) is 3.57. The third-order valence-electron chi connectivity index (χ3n) is 3.57. The van der Waals surface area contributed by atoms with Crippen LogP contribution >= 0.6 is 0 Å². The maximum absolute atomic E-state index is 12.1. The minimum absolute atomic E-state index is 0.161. The lowest BCUT2D eigenvalue weighted by atomic mass is 10.1. The van der Waals surface area contributed by atoms with E-state index in [-0.39, 0.29) is 12.6 Å².